The van der Waals surface area contributed by atoms with Crippen LogP contribution in [0.1, 0.15) is 13.8 Å². The minimum Gasteiger partial charge on any atom is -0.355 e. The zero-order valence-corrected chi connectivity index (χ0v) is 11.8. The molecule has 1 aromatic carbocycles. The van der Waals surface area contributed by atoms with Crippen LogP contribution >= 0.6 is 23.4 Å². The average Bonchev–Trinajstić information content (AvgIpc) is 2.35. The van der Waals surface area contributed by atoms with Gasteiger partial charge in [0.25, 0.3) is 0 Å². The van der Waals surface area contributed by atoms with Gasteiger partial charge in [0, 0.05) is 17.3 Å². The van der Waals surface area contributed by atoms with E-state index in [-0.39, 0.29) is 11.3 Å². The first kappa shape index (κ1) is 14.4. The fourth-order valence-electron chi connectivity index (χ4n) is 1.10. The molecular weight excluding hydrogens is 254 g/mol. The van der Waals surface area contributed by atoms with Gasteiger partial charge in [-0.3, -0.25) is 4.79 Å². The number of benzene rings is 1. The van der Waals surface area contributed by atoms with E-state index < -0.39 is 0 Å². The summed E-state index contributed by atoms with van der Waals surface area (Å²) in [6.07, 6.45) is 0. The van der Waals surface area contributed by atoms with Crippen LogP contribution in [0, 0.1) is 5.41 Å². The number of rotatable bonds is 6. The van der Waals surface area contributed by atoms with E-state index in [4.69, 9.17) is 11.6 Å². The molecule has 0 aromatic heterocycles. The summed E-state index contributed by atoms with van der Waals surface area (Å²) in [5.74, 6) is 1.04. The largest absolute Gasteiger partial charge is 0.355 e. The molecule has 4 heteroatoms. The Labute approximate surface area is 112 Å². The second-order valence-corrected chi connectivity index (χ2v) is 5.99. The van der Waals surface area contributed by atoms with E-state index in [0.29, 0.717) is 18.2 Å². The van der Waals surface area contributed by atoms with Gasteiger partial charge in [0.1, 0.15) is 0 Å². The van der Waals surface area contributed by atoms with Gasteiger partial charge in [-0.25, -0.2) is 0 Å². The van der Waals surface area contributed by atoms with Crippen molar-refractivity contribution in [1.82, 2.24) is 5.32 Å². The molecule has 0 aliphatic heterocycles. The van der Waals surface area contributed by atoms with Crippen LogP contribution in [0.3, 0.4) is 0 Å². The number of alkyl halides is 1. The first-order valence-corrected chi connectivity index (χ1v) is 7.06. The van der Waals surface area contributed by atoms with Crippen molar-refractivity contribution in [3.8, 4) is 0 Å². The Balaban J connectivity index is 2.27. The lowest BCUT2D eigenvalue weighted by molar-refractivity contribution is -0.118. The van der Waals surface area contributed by atoms with E-state index in [1.807, 2.05) is 44.2 Å². The van der Waals surface area contributed by atoms with Gasteiger partial charge in [-0.1, -0.05) is 32.0 Å². The van der Waals surface area contributed by atoms with E-state index in [0.717, 1.165) is 4.90 Å². The fraction of sp³-hybridized carbons (Fsp3) is 0.462. The average molecular weight is 272 g/mol. The molecule has 0 fully saturated rings. The summed E-state index contributed by atoms with van der Waals surface area (Å²) in [6, 6.07) is 9.90. The quantitative estimate of drug-likeness (QED) is 0.636. The van der Waals surface area contributed by atoms with Crippen LogP contribution in [0.2, 0.25) is 0 Å². The number of thioether (sulfide) groups is 1. The lowest BCUT2D eigenvalue weighted by Gasteiger charge is -2.21. The molecule has 94 valence electrons. The number of nitrogens with one attached hydrogen (secondary N) is 1. The summed E-state index contributed by atoms with van der Waals surface area (Å²) in [6.45, 7) is 4.68. The molecule has 0 spiro atoms. The molecule has 0 radical (unpaired) electrons. The molecule has 1 amide bonds. The molecular formula is C13H18ClNOS. The number of halogens is 1. The van der Waals surface area contributed by atoms with Gasteiger partial charge < -0.3 is 5.32 Å². The van der Waals surface area contributed by atoms with Crippen LogP contribution in [0.15, 0.2) is 35.2 Å². The van der Waals surface area contributed by atoms with Crippen molar-refractivity contribution in [2.24, 2.45) is 5.41 Å². The third kappa shape index (κ3) is 5.99. The number of carbonyl (C=O) groups is 1. The van der Waals surface area contributed by atoms with E-state index >= 15 is 0 Å². The van der Waals surface area contributed by atoms with Crippen molar-refractivity contribution in [2.45, 2.75) is 18.7 Å². The second kappa shape index (κ2) is 6.92. The van der Waals surface area contributed by atoms with Gasteiger partial charge in [-0.2, -0.15) is 0 Å². The highest BCUT2D eigenvalue weighted by atomic mass is 35.5. The van der Waals surface area contributed by atoms with Gasteiger partial charge in [0.2, 0.25) is 5.91 Å². The molecule has 2 nitrogen and oxygen atoms in total. The number of carbonyl (C=O) groups excluding carboxylic acids is 1. The van der Waals surface area contributed by atoms with Crippen molar-refractivity contribution in [3.63, 3.8) is 0 Å². The van der Waals surface area contributed by atoms with Gasteiger partial charge in [0.05, 0.1) is 5.75 Å². The lowest BCUT2D eigenvalue weighted by Crippen LogP contribution is -2.35. The standard InChI is InChI=1S/C13H18ClNOS/c1-13(2,9-14)10-15-12(16)8-17-11-6-4-3-5-7-11/h3-7H,8-10H2,1-2H3,(H,15,16). The Morgan fingerprint density at radius 1 is 1.35 bits per heavy atom. The van der Waals surface area contributed by atoms with E-state index in [1.54, 1.807) is 11.8 Å². The highest BCUT2D eigenvalue weighted by Gasteiger charge is 2.17. The molecule has 0 atom stereocenters. The molecule has 0 heterocycles. The van der Waals surface area contributed by atoms with Crippen molar-refractivity contribution in [1.29, 1.82) is 0 Å². The zero-order chi connectivity index (χ0) is 12.7. The third-order valence-electron chi connectivity index (χ3n) is 2.24. The van der Waals surface area contributed by atoms with Crippen LogP contribution in [-0.2, 0) is 4.79 Å². The smallest absolute Gasteiger partial charge is 0.230 e. The second-order valence-electron chi connectivity index (χ2n) is 4.68. The molecule has 0 aliphatic carbocycles. The molecule has 0 saturated heterocycles. The normalized spacial score (nSPS) is 11.2. The Kier molecular flexibility index (Phi) is 5.86. The van der Waals surface area contributed by atoms with Gasteiger partial charge in [-0.05, 0) is 17.5 Å². The predicted octanol–water partition coefficient (Wildman–Crippen LogP) is 3.16. The summed E-state index contributed by atoms with van der Waals surface area (Å²) in [4.78, 5) is 12.7. The summed E-state index contributed by atoms with van der Waals surface area (Å²) >= 11 is 7.33. The van der Waals surface area contributed by atoms with Crippen LogP contribution in [0.4, 0.5) is 0 Å². The zero-order valence-electron chi connectivity index (χ0n) is 10.2. The Hall–Kier alpha value is -0.670. The van der Waals surface area contributed by atoms with Crippen molar-refractivity contribution >= 4 is 29.3 Å². The Morgan fingerprint density at radius 2 is 2.00 bits per heavy atom. The Bertz CT molecular complexity index is 354. The molecule has 1 rings (SSSR count). The highest BCUT2D eigenvalue weighted by Crippen LogP contribution is 2.17. The third-order valence-corrected chi connectivity index (χ3v) is 3.97. The van der Waals surface area contributed by atoms with Crippen LogP contribution in [0.5, 0.6) is 0 Å². The SMILES string of the molecule is CC(C)(CCl)CNC(=O)CSc1ccccc1. The van der Waals surface area contributed by atoms with Gasteiger partial charge in [-0.15, -0.1) is 23.4 Å². The first-order chi connectivity index (χ1) is 8.03. The predicted molar refractivity (Wildman–Crippen MR) is 74.7 cm³/mol. The molecule has 0 unspecified atom stereocenters. The van der Waals surface area contributed by atoms with Crippen LogP contribution in [-0.4, -0.2) is 24.1 Å². The van der Waals surface area contributed by atoms with Crippen molar-refractivity contribution < 1.29 is 4.79 Å². The maximum Gasteiger partial charge on any atom is 0.230 e. The summed E-state index contributed by atoms with van der Waals surface area (Å²) < 4.78 is 0. The van der Waals surface area contributed by atoms with Crippen molar-refractivity contribution in [3.05, 3.63) is 30.3 Å². The fourth-order valence-corrected chi connectivity index (χ4v) is 1.95. The highest BCUT2D eigenvalue weighted by molar-refractivity contribution is 8.00. The topological polar surface area (TPSA) is 29.1 Å². The summed E-state index contributed by atoms with van der Waals surface area (Å²) in [5, 5.41) is 2.90. The van der Waals surface area contributed by atoms with E-state index in [9.17, 15) is 4.79 Å². The maximum absolute atomic E-state index is 11.6. The Morgan fingerprint density at radius 3 is 2.59 bits per heavy atom. The van der Waals surface area contributed by atoms with Crippen LogP contribution in [0.25, 0.3) is 0 Å². The van der Waals surface area contributed by atoms with Gasteiger partial charge >= 0.3 is 0 Å². The number of hydrogen-bond donors (Lipinski definition) is 1. The van der Waals surface area contributed by atoms with E-state index in [1.165, 1.54) is 0 Å². The molecule has 0 aliphatic rings. The summed E-state index contributed by atoms with van der Waals surface area (Å²) in [7, 11) is 0. The number of hydrogen-bond acceptors (Lipinski definition) is 2. The molecule has 17 heavy (non-hydrogen) atoms. The summed E-state index contributed by atoms with van der Waals surface area (Å²) in [5.41, 5.74) is -0.0470. The van der Waals surface area contributed by atoms with E-state index in [2.05, 4.69) is 5.32 Å². The minimum atomic E-state index is -0.0470. The molecule has 1 N–H and O–H groups in total. The maximum atomic E-state index is 11.6. The van der Waals surface area contributed by atoms with Crippen molar-refractivity contribution in [2.75, 3.05) is 18.2 Å². The van der Waals surface area contributed by atoms with Gasteiger partial charge in [0.15, 0.2) is 0 Å². The number of amides is 1. The molecule has 1 aromatic rings. The molecule has 0 bridgehead atoms. The molecule has 0 saturated carbocycles. The lowest BCUT2D eigenvalue weighted by atomic mass is 9.97. The first-order valence-electron chi connectivity index (χ1n) is 5.54. The van der Waals surface area contributed by atoms with Crippen LogP contribution < -0.4 is 5.32 Å². The monoisotopic (exact) mass is 271 g/mol. The minimum absolute atomic E-state index is 0.0470.